The number of ketones is 2. The van der Waals surface area contributed by atoms with Crippen LogP contribution in [0.2, 0.25) is 0 Å². The monoisotopic (exact) mass is 627 g/mol. The van der Waals surface area contributed by atoms with E-state index in [-0.39, 0.29) is 40.6 Å². The first kappa shape index (κ1) is 30.1. The second-order valence-corrected chi connectivity index (χ2v) is 15.1. The molecule has 0 bridgehead atoms. The fourth-order valence-electron chi connectivity index (χ4n) is 9.60. The predicted molar refractivity (Wildman–Crippen MR) is 159 cm³/mol. The number of rotatable bonds is 4. The first-order chi connectivity index (χ1) is 20.6. The van der Waals surface area contributed by atoms with E-state index in [1.165, 1.54) is 24.0 Å². The highest BCUT2D eigenvalue weighted by molar-refractivity contribution is 8.00. The topological polar surface area (TPSA) is 85.7 Å². The number of ether oxygens (including phenoxy) is 2. The highest BCUT2D eigenvalue weighted by Crippen LogP contribution is 2.70. The summed E-state index contributed by atoms with van der Waals surface area (Å²) in [6.45, 7) is 7.81. The van der Waals surface area contributed by atoms with E-state index >= 15 is 0 Å². The van der Waals surface area contributed by atoms with Crippen LogP contribution in [0, 0.1) is 28.6 Å². The predicted octanol–water partition coefficient (Wildman–Crippen LogP) is 6.69. The average molecular weight is 628 g/mol. The van der Waals surface area contributed by atoms with E-state index in [2.05, 4.69) is 18.8 Å². The summed E-state index contributed by atoms with van der Waals surface area (Å²) in [4.78, 5) is 31.5. The summed E-state index contributed by atoms with van der Waals surface area (Å²) in [7, 11) is 0. The third kappa shape index (κ3) is 4.23. The standard InChI is InChI=1S/C34H36F3NO5S/c1-30(2)42-28-15-23-21-7-5-18-13-20(39)9-11-31(18,3)29(21)25(40)16-32(23,4)33(28,43-30)27(41)17-44-26-10-12-38-24-14-19(34(35,36)37)6-8-22(24)26/h6,8-14,21,23,25,28-29,40H,5,7,15-17H2,1-4H3/t21?,23?,25?,28-,29?,31?,32?,33-/m1/s1. The molecule has 4 aliphatic carbocycles. The van der Waals surface area contributed by atoms with Gasteiger partial charge in [-0.15, -0.1) is 11.8 Å². The fraction of sp³-hybridized carbons (Fsp3) is 0.559. The van der Waals surface area contributed by atoms with Crippen LogP contribution < -0.4 is 0 Å². The van der Waals surface area contributed by atoms with Gasteiger partial charge in [-0.3, -0.25) is 14.6 Å². The smallest absolute Gasteiger partial charge is 0.393 e. The number of fused-ring (bicyclic) bond motifs is 8. The number of halogens is 3. The summed E-state index contributed by atoms with van der Waals surface area (Å²) in [5.41, 5.74) is -1.93. The van der Waals surface area contributed by atoms with E-state index in [1.807, 2.05) is 19.9 Å². The van der Waals surface area contributed by atoms with Crippen molar-refractivity contribution in [2.45, 2.75) is 88.0 Å². The van der Waals surface area contributed by atoms with E-state index in [4.69, 9.17) is 9.47 Å². The van der Waals surface area contributed by atoms with Gasteiger partial charge in [0.25, 0.3) is 0 Å². The Hall–Kier alpha value is -2.53. The molecular formula is C34H36F3NO5S. The number of carbonyl (C=O) groups excluding carboxylic acids is 2. The Bertz CT molecular complexity index is 1640. The van der Waals surface area contributed by atoms with E-state index in [0.29, 0.717) is 23.1 Å². The maximum absolute atomic E-state index is 14.6. The molecule has 5 aliphatic rings. The lowest BCUT2D eigenvalue weighted by Gasteiger charge is -2.60. The maximum Gasteiger partial charge on any atom is 0.416 e. The first-order valence-corrected chi connectivity index (χ1v) is 16.2. The Balaban J connectivity index is 1.21. The molecule has 1 aliphatic heterocycles. The van der Waals surface area contributed by atoms with Crippen LogP contribution in [0.4, 0.5) is 13.2 Å². The van der Waals surface area contributed by atoms with Crippen LogP contribution in [0.25, 0.3) is 10.9 Å². The molecule has 6 nitrogen and oxygen atoms in total. The largest absolute Gasteiger partial charge is 0.416 e. The normalized spacial score (nSPS) is 39.0. The zero-order chi connectivity index (χ0) is 31.4. The molecule has 1 N–H and O–H groups in total. The zero-order valence-corrected chi connectivity index (χ0v) is 25.9. The number of Topliss-reactive ketones (excluding diaryl/α,β-unsaturated/α-hetero) is 1. The Morgan fingerprint density at radius 1 is 1.18 bits per heavy atom. The molecule has 234 valence electrons. The minimum absolute atomic E-state index is 0.0182. The van der Waals surface area contributed by atoms with Crippen molar-refractivity contribution in [2.75, 3.05) is 5.75 Å². The summed E-state index contributed by atoms with van der Waals surface area (Å²) in [5.74, 6) is -1.07. The number of hydrogen-bond donors (Lipinski definition) is 1. The third-order valence-electron chi connectivity index (χ3n) is 11.3. The van der Waals surface area contributed by atoms with Gasteiger partial charge in [0.15, 0.2) is 23.0 Å². The number of aliphatic hydroxyl groups excluding tert-OH is 1. The molecule has 1 aromatic carbocycles. The number of hydrogen-bond acceptors (Lipinski definition) is 7. The minimum atomic E-state index is -4.48. The molecular weight excluding hydrogens is 591 g/mol. The molecule has 2 heterocycles. The van der Waals surface area contributed by atoms with E-state index < -0.39 is 46.2 Å². The van der Waals surface area contributed by atoms with Gasteiger partial charge in [0, 0.05) is 33.2 Å². The molecule has 0 spiro atoms. The highest BCUT2D eigenvalue weighted by Gasteiger charge is 2.76. The molecule has 10 heteroatoms. The molecule has 3 saturated carbocycles. The second-order valence-electron chi connectivity index (χ2n) is 14.0. The zero-order valence-electron chi connectivity index (χ0n) is 25.1. The van der Waals surface area contributed by atoms with Gasteiger partial charge in [-0.25, -0.2) is 0 Å². The summed E-state index contributed by atoms with van der Waals surface area (Å²) in [6.07, 6.45) is 3.61. The fourth-order valence-corrected chi connectivity index (χ4v) is 10.6. The van der Waals surface area contributed by atoms with E-state index in [1.54, 1.807) is 18.2 Å². The summed E-state index contributed by atoms with van der Waals surface area (Å²) in [5, 5.41) is 12.4. The molecule has 0 radical (unpaired) electrons. The van der Waals surface area contributed by atoms with Crippen molar-refractivity contribution in [1.29, 1.82) is 0 Å². The Morgan fingerprint density at radius 3 is 2.70 bits per heavy atom. The van der Waals surface area contributed by atoms with Gasteiger partial charge >= 0.3 is 6.18 Å². The lowest BCUT2D eigenvalue weighted by Crippen LogP contribution is -2.63. The number of benzene rings is 1. The van der Waals surface area contributed by atoms with Crippen molar-refractivity contribution in [3.8, 4) is 0 Å². The quantitative estimate of drug-likeness (QED) is 0.378. The number of pyridine rings is 1. The average Bonchev–Trinajstić information content (AvgIpc) is 3.36. The van der Waals surface area contributed by atoms with Crippen LogP contribution in [0.1, 0.15) is 58.9 Å². The van der Waals surface area contributed by atoms with Crippen molar-refractivity contribution in [3.05, 3.63) is 59.8 Å². The van der Waals surface area contributed by atoms with Crippen LogP contribution in [0.5, 0.6) is 0 Å². The van der Waals surface area contributed by atoms with Crippen LogP contribution in [0.3, 0.4) is 0 Å². The number of carbonyl (C=O) groups is 2. The summed E-state index contributed by atoms with van der Waals surface area (Å²) >= 11 is 1.26. The van der Waals surface area contributed by atoms with Gasteiger partial charge in [-0.2, -0.15) is 13.2 Å². The van der Waals surface area contributed by atoms with Crippen molar-refractivity contribution in [3.63, 3.8) is 0 Å². The lowest BCUT2D eigenvalue weighted by molar-refractivity contribution is -0.223. The van der Waals surface area contributed by atoms with Gasteiger partial charge in [0.2, 0.25) is 0 Å². The number of nitrogens with zero attached hydrogens (tertiary/aromatic N) is 1. The number of alkyl halides is 3. The van der Waals surface area contributed by atoms with E-state index in [9.17, 15) is 27.9 Å². The lowest BCUT2D eigenvalue weighted by atomic mass is 9.46. The first-order valence-electron chi connectivity index (χ1n) is 15.2. The summed E-state index contributed by atoms with van der Waals surface area (Å²) < 4.78 is 53.1. The number of thioether (sulfide) groups is 1. The Kier molecular flexibility index (Phi) is 6.67. The minimum Gasteiger partial charge on any atom is -0.393 e. The molecule has 44 heavy (non-hydrogen) atoms. The molecule has 6 unspecified atom stereocenters. The van der Waals surface area contributed by atoms with Gasteiger partial charge in [-0.1, -0.05) is 31.6 Å². The van der Waals surface area contributed by atoms with E-state index in [0.717, 1.165) is 30.5 Å². The van der Waals surface area contributed by atoms with Crippen molar-refractivity contribution in [2.24, 2.45) is 28.6 Å². The van der Waals surface area contributed by atoms with Crippen molar-refractivity contribution < 1.29 is 37.3 Å². The Morgan fingerprint density at radius 2 is 1.95 bits per heavy atom. The molecule has 4 fully saturated rings. The maximum atomic E-state index is 14.6. The van der Waals surface area contributed by atoms with Crippen LogP contribution in [-0.4, -0.2) is 51.0 Å². The van der Waals surface area contributed by atoms with Gasteiger partial charge < -0.3 is 14.6 Å². The van der Waals surface area contributed by atoms with Gasteiger partial charge in [0.05, 0.1) is 29.0 Å². The van der Waals surface area contributed by atoms with Gasteiger partial charge in [-0.05, 0) is 81.7 Å². The SMILES string of the molecule is CC1(C)O[C@@H]2CC3C4CCC5=CC(=O)C=CC5(C)C4C(O)CC3(C)[C@]2(C(=O)CSc2ccnc3cc(C(F)(F)F)ccc23)O1. The molecule has 7 rings (SSSR count). The molecule has 8 atom stereocenters. The second kappa shape index (κ2) is 9.74. The molecule has 1 saturated heterocycles. The molecule has 2 aromatic rings. The summed E-state index contributed by atoms with van der Waals surface area (Å²) in [6, 6.07) is 5.17. The highest BCUT2D eigenvalue weighted by atomic mass is 32.2. The van der Waals surface area contributed by atoms with Crippen LogP contribution in [-0.2, 0) is 25.2 Å². The van der Waals surface area contributed by atoms with Crippen LogP contribution in [0.15, 0.2) is 59.2 Å². The number of aromatic nitrogens is 1. The number of aliphatic hydroxyl groups is 1. The van der Waals surface area contributed by atoms with Crippen LogP contribution >= 0.6 is 11.8 Å². The van der Waals surface area contributed by atoms with Gasteiger partial charge in [0.1, 0.15) is 0 Å². The number of allylic oxidation sites excluding steroid dienone is 4. The Labute approximate surface area is 258 Å². The third-order valence-corrected chi connectivity index (χ3v) is 12.4. The molecule has 0 amide bonds. The van der Waals surface area contributed by atoms with Crippen molar-refractivity contribution >= 4 is 34.2 Å². The molecule has 1 aromatic heterocycles. The van der Waals surface area contributed by atoms with Crippen molar-refractivity contribution in [1.82, 2.24) is 4.98 Å².